The van der Waals surface area contributed by atoms with Gasteiger partial charge < -0.3 is 15.2 Å². The second-order valence-electron chi connectivity index (χ2n) is 5.58. The van der Waals surface area contributed by atoms with E-state index in [-0.39, 0.29) is 11.3 Å². The summed E-state index contributed by atoms with van der Waals surface area (Å²) in [6, 6.07) is 19.8. The number of ether oxygens (including phenoxy) is 1. The van der Waals surface area contributed by atoms with Gasteiger partial charge in [-0.2, -0.15) is 5.26 Å². The lowest BCUT2D eigenvalue weighted by molar-refractivity contribution is -0.112. The maximum atomic E-state index is 12.5. The van der Waals surface area contributed by atoms with Gasteiger partial charge >= 0.3 is 0 Å². The summed E-state index contributed by atoms with van der Waals surface area (Å²) in [5.41, 5.74) is 1.09. The summed E-state index contributed by atoms with van der Waals surface area (Å²) < 4.78 is 4.98. The van der Waals surface area contributed by atoms with Gasteiger partial charge in [-0.25, -0.2) is 0 Å². The molecule has 0 aliphatic rings. The van der Waals surface area contributed by atoms with Crippen molar-refractivity contribution in [3.8, 4) is 17.6 Å². The van der Waals surface area contributed by atoms with Crippen molar-refractivity contribution >= 4 is 28.4 Å². The molecule has 3 rings (SSSR count). The number of aromatic hydroxyl groups is 1. The van der Waals surface area contributed by atoms with E-state index in [0.29, 0.717) is 17.0 Å². The summed E-state index contributed by atoms with van der Waals surface area (Å²) in [6.07, 6.45) is 1.42. The standard InChI is InChI=1S/C21H16N2O3/c1-26-20-10-9-14(12-19(20)24)11-16(13-22)21(25)23-18-8-4-6-15-5-2-3-7-17(15)18/h2-12,24H,1H3,(H,23,25)/b16-11-. The minimum Gasteiger partial charge on any atom is -0.504 e. The van der Waals surface area contributed by atoms with Gasteiger partial charge in [0.1, 0.15) is 11.6 Å². The van der Waals surface area contributed by atoms with Crippen LogP contribution >= 0.6 is 0 Å². The molecule has 0 spiro atoms. The highest BCUT2D eigenvalue weighted by Gasteiger charge is 2.12. The Balaban J connectivity index is 1.89. The van der Waals surface area contributed by atoms with Gasteiger partial charge in [0.05, 0.1) is 7.11 Å². The number of nitrogens with zero attached hydrogens (tertiary/aromatic N) is 1. The molecule has 3 aromatic rings. The van der Waals surface area contributed by atoms with E-state index in [1.165, 1.54) is 19.3 Å². The number of amides is 1. The fourth-order valence-electron chi connectivity index (χ4n) is 2.64. The van der Waals surface area contributed by atoms with Crippen molar-refractivity contribution in [1.29, 1.82) is 5.26 Å². The maximum absolute atomic E-state index is 12.5. The molecule has 0 aromatic heterocycles. The third-order valence-electron chi connectivity index (χ3n) is 3.92. The molecule has 0 radical (unpaired) electrons. The number of hydrogen-bond donors (Lipinski definition) is 2. The number of rotatable bonds is 4. The Kier molecular flexibility index (Phi) is 4.86. The number of methoxy groups -OCH3 is 1. The second kappa shape index (κ2) is 7.41. The molecular weight excluding hydrogens is 328 g/mol. The van der Waals surface area contributed by atoms with Crippen LogP contribution in [0.1, 0.15) is 5.56 Å². The first kappa shape index (κ1) is 17.1. The van der Waals surface area contributed by atoms with Gasteiger partial charge in [0.2, 0.25) is 0 Å². The molecule has 0 fully saturated rings. The summed E-state index contributed by atoms with van der Waals surface area (Å²) in [4.78, 5) is 12.5. The van der Waals surface area contributed by atoms with Gasteiger partial charge in [-0.3, -0.25) is 4.79 Å². The third-order valence-corrected chi connectivity index (χ3v) is 3.92. The molecule has 2 N–H and O–H groups in total. The number of hydrogen-bond acceptors (Lipinski definition) is 4. The second-order valence-corrected chi connectivity index (χ2v) is 5.58. The third kappa shape index (κ3) is 3.50. The summed E-state index contributed by atoms with van der Waals surface area (Å²) in [7, 11) is 1.45. The molecule has 0 saturated carbocycles. The Morgan fingerprint density at radius 1 is 1.15 bits per heavy atom. The van der Waals surface area contributed by atoms with E-state index in [2.05, 4.69) is 5.32 Å². The number of benzene rings is 3. The first-order chi connectivity index (χ1) is 12.6. The van der Waals surface area contributed by atoms with Crippen LogP contribution in [0.4, 0.5) is 5.69 Å². The molecule has 1 amide bonds. The van der Waals surface area contributed by atoms with E-state index in [0.717, 1.165) is 10.8 Å². The van der Waals surface area contributed by atoms with Gasteiger partial charge in [-0.1, -0.05) is 42.5 Å². The zero-order valence-electron chi connectivity index (χ0n) is 14.1. The van der Waals surface area contributed by atoms with E-state index in [1.54, 1.807) is 18.2 Å². The average molecular weight is 344 g/mol. The van der Waals surface area contributed by atoms with Crippen LogP contribution in [0.5, 0.6) is 11.5 Å². The zero-order chi connectivity index (χ0) is 18.5. The summed E-state index contributed by atoms with van der Waals surface area (Å²) in [5.74, 6) is -0.256. The first-order valence-electron chi connectivity index (χ1n) is 7.90. The normalized spacial score (nSPS) is 11.0. The molecule has 0 unspecified atom stereocenters. The molecule has 3 aromatic carbocycles. The van der Waals surface area contributed by atoms with Crippen LogP contribution in [-0.2, 0) is 4.79 Å². The van der Waals surface area contributed by atoms with Crippen molar-refractivity contribution in [3.63, 3.8) is 0 Å². The van der Waals surface area contributed by atoms with E-state index in [9.17, 15) is 15.2 Å². The number of anilines is 1. The highest BCUT2D eigenvalue weighted by molar-refractivity contribution is 6.12. The number of carbonyl (C=O) groups excluding carboxylic acids is 1. The number of nitriles is 1. The van der Waals surface area contributed by atoms with Crippen LogP contribution < -0.4 is 10.1 Å². The monoisotopic (exact) mass is 344 g/mol. The van der Waals surface area contributed by atoms with Gasteiger partial charge in [-0.15, -0.1) is 0 Å². The van der Waals surface area contributed by atoms with E-state index < -0.39 is 5.91 Å². The predicted molar refractivity (Wildman–Crippen MR) is 101 cm³/mol. The molecule has 26 heavy (non-hydrogen) atoms. The van der Waals surface area contributed by atoms with Gasteiger partial charge in [-0.05, 0) is 35.2 Å². The number of phenols is 1. The Morgan fingerprint density at radius 3 is 2.65 bits per heavy atom. The van der Waals surface area contributed by atoms with Crippen molar-refractivity contribution in [2.75, 3.05) is 12.4 Å². The fraction of sp³-hybridized carbons (Fsp3) is 0.0476. The van der Waals surface area contributed by atoms with E-state index >= 15 is 0 Å². The van der Waals surface area contributed by atoms with Crippen LogP contribution in [0.15, 0.2) is 66.2 Å². The highest BCUT2D eigenvalue weighted by Crippen LogP contribution is 2.27. The Hall–Kier alpha value is -3.78. The molecule has 0 saturated heterocycles. The molecule has 0 aliphatic carbocycles. The predicted octanol–water partition coefficient (Wildman–Crippen LogP) is 4.10. The Labute approximate surface area is 150 Å². The first-order valence-corrected chi connectivity index (χ1v) is 7.90. The topological polar surface area (TPSA) is 82.3 Å². The molecule has 0 atom stereocenters. The van der Waals surface area contributed by atoms with Crippen LogP contribution in [0.3, 0.4) is 0 Å². The molecule has 0 bridgehead atoms. The lowest BCUT2D eigenvalue weighted by Crippen LogP contribution is -2.13. The van der Waals surface area contributed by atoms with Gasteiger partial charge in [0, 0.05) is 11.1 Å². The number of nitrogens with one attached hydrogen (secondary N) is 1. The van der Waals surface area contributed by atoms with Crippen LogP contribution in [0.25, 0.3) is 16.8 Å². The lowest BCUT2D eigenvalue weighted by Gasteiger charge is -2.08. The molecule has 5 nitrogen and oxygen atoms in total. The van der Waals surface area contributed by atoms with Crippen LogP contribution in [-0.4, -0.2) is 18.1 Å². The van der Waals surface area contributed by atoms with Gasteiger partial charge in [0.25, 0.3) is 5.91 Å². The van der Waals surface area contributed by atoms with Crippen LogP contribution in [0, 0.1) is 11.3 Å². The molecule has 5 heteroatoms. The maximum Gasteiger partial charge on any atom is 0.266 e. The number of phenolic OH excluding ortho intramolecular Hbond substituents is 1. The van der Waals surface area contributed by atoms with Crippen LogP contribution in [0.2, 0.25) is 0 Å². The minimum atomic E-state index is -0.515. The van der Waals surface area contributed by atoms with Crippen molar-refractivity contribution in [1.82, 2.24) is 0 Å². The fourth-order valence-corrected chi connectivity index (χ4v) is 2.64. The van der Waals surface area contributed by atoms with Gasteiger partial charge in [0.15, 0.2) is 11.5 Å². The number of fused-ring (bicyclic) bond motifs is 1. The quantitative estimate of drug-likeness (QED) is 0.551. The van der Waals surface area contributed by atoms with Crippen molar-refractivity contribution in [2.45, 2.75) is 0 Å². The molecule has 0 aliphatic heterocycles. The minimum absolute atomic E-state index is 0.0620. The average Bonchev–Trinajstić information content (AvgIpc) is 2.66. The largest absolute Gasteiger partial charge is 0.504 e. The highest BCUT2D eigenvalue weighted by atomic mass is 16.5. The zero-order valence-corrected chi connectivity index (χ0v) is 14.1. The summed E-state index contributed by atoms with van der Waals surface area (Å²) in [6.45, 7) is 0. The summed E-state index contributed by atoms with van der Waals surface area (Å²) in [5, 5.41) is 23.8. The lowest BCUT2D eigenvalue weighted by atomic mass is 10.1. The van der Waals surface area contributed by atoms with Crippen molar-refractivity contribution in [3.05, 3.63) is 71.8 Å². The van der Waals surface area contributed by atoms with E-state index in [1.807, 2.05) is 42.5 Å². The van der Waals surface area contributed by atoms with Crippen molar-refractivity contribution < 1.29 is 14.6 Å². The van der Waals surface area contributed by atoms with E-state index in [4.69, 9.17) is 4.74 Å². The van der Waals surface area contributed by atoms with Crippen molar-refractivity contribution in [2.24, 2.45) is 0 Å². The molecular formula is C21H16N2O3. The Bertz CT molecular complexity index is 1040. The SMILES string of the molecule is COc1ccc(/C=C(/C#N)C(=O)Nc2cccc3ccccc23)cc1O. The molecule has 0 heterocycles. The summed E-state index contributed by atoms with van der Waals surface area (Å²) >= 11 is 0. The smallest absolute Gasteiger partial charge is 0.266 e. The molecule has 128 valence electrons. The Morgan fingerprint density at radius 2 is 1.92 bits per heavy atom. The number of carbonyl (C=O) groups is 1.